The average Bonchev–Trinajstić information content (AvgIpc) is 3.20. The van der Waals surface area contributed by atoms with Crippen LogP contribution >= 0.6 is 11.8 Å². The van der Waals surface area contributed by atoms with E-state index in [9.17, 15) is 17.6 Å². The van der Waals surface area contributed by atoms with Crippen LogP contribution in [0, 0.1) is 5.82 Å². The van der Waals surface area contributed by atoms with Crippen molar-refractivity contribution in [2.45, 2.75) is 29.2 Å². The van der Waals surface area contributed by atoms with Gasteiger partial charge in [0.25, 0.3) is 5.91 Å². The van der Waals surface area contributed by atoms with Crippen LogP contribution < -0.4 is 4.72 Å². The maximum Gasteiger partial charge on any atom is 0.255 e. The Balaban J connectivity index is 1.84. The Kier molecular flexibility index (Phi) is 6.18. The number of carbonyl (C=O) groups excluding carboxylic acids is 1. The van der Waals surface area contributed by atoms with Gasteiger partial charge in [-0.3, -0.25) is 4.79 Å². The van der Waals surface area contributed by atoms with Gasteiger partial charge in [-0.1, -0.05) is 12.1 Å². The fourth-order valence-corrected chi connectivity index (χ4v) is 4.63. The zero-order valence-electron chi connectivity index (χ0n) is 14.9. The molecule has 0 radical (unpaired) electrons. The van der Waals surface area contributed by atoms with Crippen molar-refractivity contribution in [1.82, 2.24) is 9.62 Å². The summed E-state index contributed by atoms with van der Waals surface area (Å²) in [4.78, 5) is 15.3. The molecule has 1 fully saturated rings. The summed E-state index contributed by atoms with van der Waals surface area (Å²) in [5, 5.41) is 0. The molecule has 0 aliphatic carbocycles. The maximum atomic E-state index is 13.3. The van der Waals surface area contributed by atoms with E-state index in [4.69, 9.17) is 0 Å². The van der Waals surface area contributed by atoms with Crippen molar-refractivity contribution in [2.75, 3.05) is 19.3 Å². The molecule has 0 spiro atoms. The molecule has 3 rings (SSSR count). The molecule has 2 aromatic rings. The van der Waals surface area contributed by atoms with Crippen LogP contribution in [-0.2, 0) is 16.6 Å². The summed E-state index contributed by atoms with van der Waals surface area (Å²) >= 11 is 1.41. The number of halogens is 1. The highest BCUT2D eigenvalue weighted by Crippen LogP contribution is 2.26. The third-order valence-electron chi connectivity index (χ3n) is 4.46. The van der Waals surface area contributed by atoms with Gasteiger partial charge in [-0.05, 0) is 55.0 Å². The van der Waals surface area contributed by atoms with Crippen LogP contribution in [-0.4, -0.2) is 38.6 Å². The van der Waals surface area contributed by atoms with Crippen molar-refractivity contribution in [3.05, 3.63) is 59.4 Å². The van der Waals surface area contributed by atoms with Crippen LogP contribution in [0.25, 0.3) is 0 Å². The first-order valence-electron chi connectivity index (χ1n) is 8.62. The van der Waals surface area contributed by atoms with E-state index < -0.39 is 15.8 Å². The fraction of sp³-hybridized carbons (Fsp3) is 0.316. The second kappa shape index (κ2) is 8.41. The number of benzene rings is 2. The molecule has 144 valence electrons. The Morgan fingerprint density at radius 1 is 1.19 bits per heavy atom. The minimum atomic E-state index is -3.83. The summed E-state index contributed by atoms with van der Waals surface area (Å²) in [6.45, 7) is 1.36. The number of nitrogens with one attached hydrogen (secondary N) is 1. The van der Waals surface area contributed by atoms with E-state index in [-0.39, 0.29) is 17.3 Å². The van der Waals surface area contributed by atoms with E-state index in [0.29, 0.717) is 24.2 Å². The molecule has 8 heteroatoms. The van der Waals surface area contributed by atoms with Gasteiger partial charge in [0.2, 0.25) is 10.0 Å². The molecule has 5 nitrogen and oxygen atoms in total. The second-order valence-corrected chi connectivity index (χ2v) is 8.93. The first kappa shape index (κ1) is 19.9. The molecule has 1 saturated heterocycles. The van der Waals surface area contributed by atoms with Crippen LogP contribution in [0.4, 0.5) is 4.39 Å². The summed E-state index contributed by atoms with van der Waals surface area (Å²) in [5.41, 5.74) is 0.922. The van der Waals surface area contributed by atoms with Gasteiger partial charge < -0.3 is 4.90 Å². The topological polar surface area (TPSA) is 66.5 Å². The number of sulfonamides is 1. The largest absolute Gasteiger partial charge is 0.339 e. The smallest absolute Gasteiger partial charge is 0.255 e. The Bertz CT molecular complexity index is 942. The van der Waals surface area contributed by atoms with Gasteiger partial charge in [0, 0.05) is 24.5 Å². The number of thioether (sulfide) groups is 1. The molecule has 2 aromatic carbocycles. The quantitative estimate of drug-likeness (QED) is 0.745. The van der Waals surface area contributed by atoms with Crippen LogP contribution in [0.3, 0.4) is 0 Å². The minimum Gasteiger partial charge on any atom is -0.339 e. The zero-order valence-corrected chi connectivity index (χ0v) is 16.6. The lowest BCUT2D eigenvalue weighted by Gasteiger charge is -2.18. The minimum absolute atomic E-state index is 0.0271. The summed E-state index contributed by atoms with van der Waals surface area (Å²) in [6.07, 6.45) is 3.79. The molecule has 0 atom stereocenters. The van der Waals surface area contributed by atoms with E-state index in [0.717, 1.165) is 17.7 Å². The van der Waals surface area contributed by atoms with Gasteiger partial charge in [-0.15, -0.1) is 11.8 Å². The lowest BCUT2D eigenvalue weighted by molar-refractivity contribution is 0.0789. The SMILES string of the molecule is CSc1ccc(S(=O)(=O)NCc2cccc(F)c2)cc1C(=O)N1CCCC1. The van der Waals surface area contributed by atoms with Gasteiger partial charge in [-0.2, -0.15) is 0 Å². The predicted octanol–water partition coefficient (Wildman–Crippen LogP) is 3.26. The third-order valence-corrected chi connectivity index (χ3v) is 6.66. The van der Waals surface area contributed by atoms with Crippen LogP contribution in [0.1, 0.15) is 28.8 Å². The molecular formula is C19H21FN2O3S2. The molecule has 0 unspecified atom stereocenters. The highest BCUT2D eigenvalue weighted by atomic mass is 32.2. The van der Waals surface area contributed by atoms with Crippen molar-refractivity contribution in [1.29, 1.82) is 0 Å². The lowest BCUT2D eigenvalue weighted by atomic mass is 10.2. The molecule has 1 aliphatic rings. The third kappa shape index (κ3) is 4.69. The number of nitrogens with zero attached hydrogens (tertiary/aromatic N) is 1. The van der Waals surface area contributed by atoms with Crippen molar-refractivity contribution in [3.8, 4) is 0 Å². The summed E-state index contributed by atoms with van der Waals surface area (Å²) in [6, 6.07) is 10.3. The molecule has 1 N–H and O–H groups in total. The van der Waals surface area contributed by atoms with Gasteiger partial charge in [0.05, 0.1) is 10.5 Å². The molecular weight excluding hydrogens is 387 g/mol. The number of amides is 1. The number of rotatable bonds is 6. The highest BCUT2D eigenvalue weighted by molar-refractivity contribution is 7.98. The van der Waals surface area contributed by atoms with Gasteiger partial charge in [0.1, 0.15) is 5.82 Å². The molecule has 1 aliphatic heterocycles. The van der Waals surface area contributed by atoms with Crippen molar-refractivity contribution >= 4 is 27.7 Å². The first-order chi connectivity index (χ1) is 12.9. The molecule has 27 heavy (non-hydrogen) atoms. The number of likely N-dealkylation sites (tertiary alicyclic amines) is 1. The normalized spacial score (nSPS) is 14.5. The van der Waals surface area contributed by atoms with Gasteiger partial charge in [-0.25, -0.2) is 17.5 Å². The van der Waals surface area contributed by atoms with Crippen LogP contribution in [0.5, 0.6) is 0 Å². The predicted molar refractivity (Wildman–Crippen MR) is 104 cm³/mol. The van der Waals surface area contributed by atoms with E-state index >= 15 is 0 Å². The summed E-state index contributed by atoms with van der Waals surface area (Å²) in [7, 11) is -3.83. The summed E-state index contributed by atoms with van der Waals surface area (Å²) < 4.78 is 41.0. The van der Waals surface area contributed by atoms with E-state index in [1.54, 1.807) is 17.0 Å². The lowest BCUT2D eigenvalue weighted by Crippen LogP contribution is -2.29. The molecule has 1 heterocycles. The molecule has 0 aromatic heterocycles. The monoisotopic (exact) mass is 408 g/mol. The van der Waals surface area contributed by atoms with E-state index in [1.807, 2.05) is 6.26 Å². The van der Waals surface area contributed by atoms with Gasteiger partial charge in [0.15, 0.2) is 0 Å². The van der Waals surface area contributed by atoms with E-state index in [1.165, 1.54) is 42.1 Å². The van der Waals surface area contributed by atoms with Crippen LogP contribution in [0.2, 0.25) is 0 Å². The molecule has 1 amide bonds. The Morgan fingerprint density at radius 2 is 1.93 bits per heavy atom. The van der Waals surface area contributed by atoms with Crippen molar-refractivity contribution in [2.24, 2.45) is 0 Å². The first-order valence-corrected chi connectivity index (χ1v) is 11.3. The fourth-order valence-electron chi connectivity index (χ4n) is 3.02. The number of hydrogen-bond donors (Lipinski definition) is 1. The molecule has 0 saturated carbocycles. The Hall–Kier alpha value is -1.90. The summed E-state index contributed by atoms with van der Waals surface area (Å²) in [5.74, 6) is -0.562. The highest BCUT2D eigenvalue weighted by Gasteiger charge is 2.24. The number of carbonyl (C=O) groups is 1. The zero-order chi connectivity index (χ0) is 19.4. The van der Waals surface area contributed by atoms with Crippen LogP contribution in [0.15, 0.2) is 52.3 Å². The maximum absolute atomic E-state index is 13.3. The van der Waals surface area contributed by atoms with Gasteiger partial charge >= 0.3 is 0 Å². The van der Waals surface area contributed by atoms with Crippen molar-refractivity contribution < 1.29 is 17.6 Å². The molecule has 0 bridgehead atoms. The second-order valence-electron chi connectivity index (χ2n) is 6.32. The van der Waals surface area contributed by atoms with Crippen molar-refractivity contribution in [3.63, 3.8) is 0 Å². The number of hydrogen-bond acceptors (Lipinski definition) is 4. The average molecular weight is 409 g/mol. The Morgan fingerprint density at radius 3 is 2.59 bits per heavy atom. The Labute approximate surface area is 163 Å². The standard InChI is InChI=1S/C19H21FN2O3S2/c1-26-18-8-7-16(12-17(18)19(23)22-9-2-3-10-22)27(24,25)21-13-14-5-4-6-15(20)11-14/h4-8,11-12,21H,2-3,9-10,13H2,1H3. The van der Waals surface area contributed by atoms with E-state index in [2.05, 4.69) is 4.72 Å².